The van der Waals surface area contributed by atoms with Gasteiger partial charge in [-0.1, -0.05) is 0 Å². The molecule has 0 atom stereocenters. The number of rotatable bonds is 3. The Morgan fingerprint density at radius 3 is 2.50 bits per heavy atom. The first-order valence-electron chi connectivity index (χ1n) is 5.60. The summed E-state index contributed by atoms with van der Waals surface area (Å²) in [6.45, 7) is 1.71. The number of amides is 5. The van der Waals surface area contributed by atoms with Crippen LogP contribution in [0.4, 0.5) is 4.79 Å². The molecule has 20 heavy (non-hydrogen) atoms. The van der Waals surface area contributed by atoms with Crippen molar-refractivity contribution in [1.29, 1.82) is 0 Å². The van der Waals surface area contributed by atoms with Crippen molar-refractivity contribution < 1.29 is 19.2 Å². The van der Waals surface area contributed by atoms with Crippen molar-refractivity contribution in [3.63, 3.8) is 0 Å². The molecule has 2 heterocycles. The van der Waals surface area contributed by atoms with Crippen LogP contribution in [0.2, 0.25) is 0 Å². The molecule has 2 rings (SSSR count). The Kier molecular flexibility index (Phi) is 3.55. The maximum absolute atomic E-state index is 11.8. The largest absolute Gasteiger partial charge is 0.334 e. The molecule has 0 saturated carbocycles. The van der Waals surface area contributed by atoms with Gasteiger partial charge in [0.15, 0.2) is 0 Å². The van der Waals surface area contributed by atoms with Crippen molar-refractivity contribution >= 4 is 35.1 Å². The van der Waals surface area contributed by atoms with Crippen molar-refractivity contribution in [3.8, 4) is 0 Å². The molecular weight excluding hydrogens is 284 g/mol. The number of likely N-dealkylation sites (N-methyl/N-ethyl adjacent to an activating group) is 1. The Morgan fingerprint density at radius 1 is 1.35 bits per heavy atom. The highest BCUT2D eigenvalue weighted by molar-refractivity contribution is 7.14. The first kappa shape index (κ1) is 14.2. The smallest absolute Gasteiger partial charge is 0.289 e. The van der Waals surface area contributed by atoms with Crippen LogP contribution in [-0.2, 0) is 16.1 Å². The number of imide groups is 2. The monoisotopic (exact) mass is 296 g/mol. The number of nitrogens with zero attached hydrogens (tertiary/aromatic N) is 2. The van der Waals surface area contributed by atoms with E-state index in [1.807, 2.05) is 5.43 Å². The van der Waals surface area contributed by atoms with Gasteiger partial charge in [0, 0.05) is 11.9 Å². The van der Waals surface area contributed by atoms with E-state index in [4.69, 9.17) is 5.84 Å². The molecule has 5 amide bonds. The minimum absolute atomic E-state index is 0.0477. The second-order valence-corrected chi connectivity index (χ2v) is 5.46. The fourth-order valence-corrected chi connectivity index (χ4v) is 2.72. The first-order chi connectivity index (χ1) is 9.36. The zero-order chi connectivity index (χ0) is 15.0. The van der Waals surface area contributed by atoms with Gasteiger partial charge in [-0.2, -0.15) is 0 Å². The minimum Gasteiger partial charge on any atom is -0.289 e. The van der Waals surface area contributed by atoms with Gasteiger partial charge in [-0.3, -0.25) is 29.6 Å². The Balaban J connectivity index is 2.25. The molecule has 1 aliphatic heterocycles. The van der Waals surface area contributed by atoms with Crippen LogP contribution >= 0.6 is 11.3 Å². The maximum Gasteiger partial charge on any atom is 0.334 e. The molecule has 0 unspecified atom stereocenters. The highest BCUT2D eigenvalue weighted by Crippen LogP contribution is 2.24. The zero-order valence-electron chi connectivity index (χ0n) is 10.8. The van der Waals surface area contributed by atoms with Crippen LogP contribution in [0.15, 0.2) is 6.07 Å². The van der Waals surface area contributed by atoms with E-state index in [0.717, 1.165) is 14.7 Å². The number of carbonyl (C=O) groups excluding carboxylic acids is 4. The molecule has 8 nitrogen and oxygen atoms in total. The second kappa shape index (κ2) is 5.02. The van der Waals surface area contributed by atoms with E-state index in [0.29, 0.717) is 10.4 Å². The second-order valence-electron chi connectivity index (χ2n) is 4.20. The number of hydrazine groups is 1. The number of hydrogen-bond acceptors (Lipinski definition) is 6. The summed E-state index contributed by atoms with van der Waals surface area (Å²) < 4.78 is 0. The third-order valence-electron chi connectivity index (χ3n) is 2.95. The van der Waals surface area contributed by atoms with Crippen LogP contribution < -0.4 is 11.3 Å². The lowest BCUT2D eigenvalue weighted by molar-refractivity contribution is -0.143. The van der Waals surface area contributed by atoms with Crippen LogP contribution in [0.1, 0.15) is 20.1 Å². The number of aryl methyl sites for hydroxylation is 1. The minimum atomic E-state index is -0.868. The number of hydrogen-bond donors (Lipinski definition) is 2. The first-order valence-corrected chi connectivity index (χ1v) is 6.42. The normalized spacial score (nSPS) is 15.2. The molecule has 0 spiro atoms. The average Bonchev–Trinajstić information content (AvgIpc) is 2.88. The SMILES string of the molecule is Cc1sc(C(=O)NN)cc1CN1C(=O)C(=O)N(C)C1=O. The summed E-state index contributed by atoms with van der Waals surface area (Å²) in [5, 5.41) is 0. The van der Waals surface area contributed by atoms with Gasteiger partial charge in [0.1, 0.15) is 0 Å². The molecule has 0 bridgehead atoms. The van der Waals surface area contributed by atoms with Crippen LogP contribution in [-0.4, -0.2) is 40.6 Å². The van der Waals surface area contributed by atoms with Crippen LogP contribution in [0.3, 0.4) is 0 Å². The molecule has 0 aromatic carbocycles. The van der Waals surface area contributed by atoms with Crippen LogP contribution in [0.25, 0.3) is 0 Å². The van der Waals surface area contributed by atoms with Gasteiger partial charge < -0.3 is 0 Å². The summed E-state index contributed by atoms with van der Waals surface area (Å²) in [7, 11) is 1.25. The molecule has 3 N–H and O–H groups in total. The van der Waals surface area contributed by atoms with Gasteiger partial charge >= 0.3 is 17.8 Å². The average molecular weight is 296 g/mol. The van der Waals surface area contributed by atoms with E-state index in [9.17, 15) is 19.2 Å². The number of urea groups is 1. The molecule has 1 saturated heterocycles. The van der Waals surface area contributed by atoms with Gasteiger partial charge in [0.25, 0.3) is 5.91 Å². The van der Waals surface area contributed by atoms with E-state index in [-0.39, 0.29) is 6.54 Å². The summed E-state index contributed by atoms with van der Waals surface area (Å²) in [5.41, 5.74) is 2.63. The Hall–Kier alpha value is -2.26. The Bertz CT molecular complexity index is 624. The van der Waals surface area contributed by atoms with E-state index in [1.165, 1.54) is 18.4 Å². The Morgan fingerprint density at radius 2 is 2.00 bits per heavy atom. The van der Waals surface area contributed by atoms with E-state index in [1.54, 1.807) is 13.0 Å². The zero-order valence-corrected chi connectivity index (χ0v) is 11.6. The highest BCUT2D eigenvalue weighted by atomic mass is 32.1. The molecule has 0 radical (unpaired) electrons. The third-order valence-corrected chi connectivity index (χ3v) is 4.05. The van der Waals surface area contributed by atoms with Crippen molar-refractivity contribution in [2.45, 2.75) is 13.5 Å². The van der Waals surface area contributed by atoms with Crippen molar-refractivity contribution in [1.82, 2.24) is 15.2 Å². The van der Waals surface area contributed by atoms with E-state index in [2.05, 4.69) is 0 Å². The van der Waals surface area contributed by atoms with Crippen molar-refractivity contribution in [2.75, 3.05) is 7.05 Å². The van der Waals surface area contributed by atoms with Gasteiger partial charge in [-0.05, 0) is 18.6 Å². The number of nitrogen functional groups attached to an aromatic ring is 1. The highest BCUT2D eigenvalue weighted by Gasteiger charge is 2.42. The van der Waals surface area contributed by atoms with Gasteiger partial charge in [0.05, 0.1) is 11.4 Å². The summed E-state index contributed by atoms with van der Waals surface area (Å²) in [6, 6.07) is 0.876. The summed E-state index contributed by atoms with van der Waals surface area (Å²) >= 11 is 1.19. The maximum atomic E-state index is 11.8. The van der Waals surface area contributed by atoms with E-state index < -0.39 is 23.8 Å². The fourth-order valence-electron chi connectivity index (χ4n) is 1.78. The van der Waals surface area contributed by atoms with Crippen LogP contribution in [0, 0.1) is 6.92 Å². The predicted molar refractivity (Wildman–Crippen MR) is 69.4 cm³/mol. The standard InChI is InChI=1S/C11H12N4O4S/c1-5-6(3-7(20-5)8(16)13-12)4-15-10(18)9(17)14(2)11(15)19/h3H,4,12H2,1-2H3,(H,13,16). The number of thiophene rings is 1. The van der Waals surface area contributed by atoms with Gasteiger partial charge in [0.2, 0.25) is 0 Å². The number of nitrogens with two attached hydrogens (primary N) is 1. The molecule has 1 aliphatic rings. The summed E-state index contributed by atoms with van der Waals surface area (Å²) in [6.07, 6.45) is 0. The Labute approximate surface area is 118 Å². The number of nitrogens with one attached hydrogen (secondary N) is 1. The summed E-state index contributed by atoms with van der Waals surface area (Å²) in [4.78, 5) is 49.0. The lowest BCUT2D eigenvalue weighted by atomic mass is 10.2. The predicted octanol–water partition coefficient (Wildman–Crippen LogP) is -0.419. The van der Waals surface area contributed by atoms with Crippen molar-refractivity contribution in [2.24, 2.45) is 5.84 Å². The topological polar surface area (TPSA) is 113 Å². The lowest BCUT2D eigenvalue weighted by Crippen LogP contribution is -2.31. The van der Waals surface area contributed by atoms with Gasteiger partial charge in [-0.15, -0.1) is 11.3 Å². The molecular formula is C11H12N4O4S. The molecule has 0 aliphatic carbocycles. The summed E-state index contributed by atoms with van der Waals surface area (Å²) in [5.74, 6) is 2.87. The number of carbonyl (C=O) groups is 4. The molecule has 1 aromatic heterocycles. The molecule has 1 aromatic rings. The molecule has 9 heteroatoms. The molecule has 1 fully saturated rings. The quantitative estimate of drug-likeness (QED) is 0.259. The fraction of sp³-hybridized carbons (Fsp3) is 0.273. The lowest BCUT2D eigenvalue weighted by Gasteiger charge is -2.12. The van der Waals surface area contributed by atoms with Gasteiger partial charge in [-0.25, -0.2) is 10.6 Å². The third kappa shape index (κ3) is 2.17. The van der Waals surface area contributed by atoms with Crippen molar-refractivity contribution in [3.05, 3.63) is 21.4 Å². The van der Waals surface area contributed by atoms with Crippen LogP contribution in [0.5, 0.6) is 0 Å². The van der Waals surface area contributed by atoms with E-state index >= 15 is 0 Å². The molecule has 106 valence electrons.